The molecule has 0 spiro atoms. The molecule has 3 nitrogen and oxygen atoms in total. The summed E-state index contributed by atoms with van der Waals surface area (Å²) >= 11 is 3.00. The SMILES string of the molecule is O=Cc1cc(F)ccc1C(O)C(O)CBr. The van der Waals surface area contributed by atoms with Crippen LogP contribution in [0.1, 0.15) is 22.0 Å². The molecule has 0 saturated heterocycles. The lowest BCUT2D eigenvalue weighted by molar-refractivity contribution is 0.0338. The van der Waals surface area contributed by atoms with Gasteiger partial charge in [-0.2, -0.15) is 0 Å². The van der Waals surface area contributed by atoms with E-state index in [9.17, 15) is 19.4 Å². The molecule has 0 radical (unpaired) electrons. The number of carbonyl (C=O) groups excluding carboxylic acids is 1. The summed E-state index contributed by atoms with van der Waals surface area (Å²) in [5, 5.41) is 19.2. The van der Waals surface area contributed by atoms with Gasteiger partial charge in [0, 0.05) is 10.9 Å². The zero-order valence-corrected chi connectivity index (χ0v) is 9.32. The first-order valence-electron chi connectivity index (χ1n) is 4.27. The van der Waals surface area contributed by atoms with E-state index in [0.29, 0.717) is 6.29 Å². The number of rotatable bonds is 4. The molecule has 1 aromatic carbocycles. The van der Waals surface area contributed by atoms with E-state index in [4.69, 9.17) is 0 Å². The van der Waals surface area contributed by atoms with Crippen LogP contribution in [0.3, 0.4) is 0 Å². The number of carbonyl (C=O) groups is 1. The average molecular weight is 277 g/mol. The van der Waals surface area contributed by atoms with Gasteiger partial charge < -0.3 is 10.2 Å². The molecule has 15 heavy (non-hydrogen) atoms. The standard InChI is InChI=1S/C10H10BrFO3/c11-4-9(14)10(15)8-2-1-7(12)3-6(8)5-13/h1-3,5,9-10,14-15H,4H2. The quantitative estimate of drug-likeness (QED) is 0.646. The van der Waals surface area contributed by atoms with Gasteiger partial charge in [0.25, 0.3) is 0 Å². The molecule has 1 rings (SSSR count). The third kappa shape index (κ3) is 2.84. The maximum absolute atomic E-state index is 12.8. The van der Waals surface area contributed by atoms with E-state index < -0.39 is 18.0 Å². The topological polar surface area (TPSA) is 57.5 Å². The fourth-order valence-corrected chi connectivity index (χ4v) is 1.56. The number of hydrogen-bond acceptors (Lipinski definition) is 3. The highest BCUT2D eigenvalue weighted by atomic mass is 79.9. The third-order valence-electron chi connectivity index (χ3n) is 2.02. The molecule has 0 bridgehead atoms. The molecule has 0 aliphatic carbocycles. The first-order valence-corrected chi connectivity index (χ1v) is 5.39. The van der Waals surface area contributed by atoms with Crippen LogP contribution in [-0.4, -0.2) is 27.9 Å². The van der Waals surface area contributed by atoms with Crippen molar-refractivity contribution in [1.82, 2.24) is 0 Å². The van der Waals surface area contributed by atoms with Gasteiger partial charge in [-0.1, -0.05) is 22.0 Å². The Morgan fingerprint density at radius 2 is 2.13 bits per heavy atom. The van der Waals surface area contributed by atoms with E-state index in [1.807, 2.05) is 0 Å². The molecule has 2 unspecified atom stereocenters. The summed E-state index contributed by atoms with van der Waals surface area (Å²) in [5.74, 6) is -0.554. The lowest BCUT2D eigenvalue weighted by Gasteiger charge is -2.17. The summed E-state index contributed by atoms with van der Waals surface area (Å²) < 4.78 is 12.8. The minimum Gasteiger partial charge on any atom is -0.389 e. The van der Waals surface area contributed by atoms with E-state index in [0.717, 1.165) is 12.1 Å². The van der Waals surface area contributed by atoms with Crippen molar-refractivity contribution in [1.29, 1.82) is 0 Å². The summed E-state index contributed by atoms with van der Waals surface area (Å²) in [6.07, 6.45) is -1.79. The van der Waals surface area contributed by atoms with Crippen LogP contribution in [-0.2, 0) is 0 Å². The highest BCUT2D eigenvalue weighted by Crippen LogP contribution is 2.22. The van der Waals surface area contributed by atoms with Crippen molar-refractivity contribution in [3.05, 3.63) is 35.1 Å². The van der Waals surface area contributed by atoms with Crippen molar-refractivity contribution < 1.29 is 19.4 Å². The van der Waals surface area contributed by atoms with Gasteiger partial charge in [-0.25, -0.2) is 4.39 Å². The molecule has 1 aromatic rings. The summed E-state index contributed by atoms with van der Waals surface area (Å²) in [7, 11) is 0. The zero-order valence-electron chi connectivity index (χ0n) is 7.73. The minimum atomic E-state index is -1.20. The maximum atomic E-state index is 12.8. The van der Waals surface area contributed by atoms with Crippen molar-refractivity contribution in [2.75, 3.05) is 5.33 Å². The zero-order chi connectivity index (χ0) is 11.4. The fourth-order valence-electron chi connectivity index (χ4n) is 1.21. The van der Waals surface area contributed by atoms with Crippen LogP contribution in [0.15, 0.2) is 18.2 Å². The molecule has 82 valence electrons. The molecule has 0 saturated carbocycles. The number of halogens is 2. The molecule has 2 atom stereocenters. The van der Waals surface area contributed by atoms with Crippen molar-refractivity contribution in [2.45, 2.75) is 12.2 Å². The number of alkyl halides is 1. The highest BCUT2D eigenvalue weighted by Gasteiger charge is 2.20. The molecule has 2 N–H and O–H groups in total. The second-order valence-corrected chi connectivity index (χ2v) is 3.71. The van der Waals surface area contributed by atoms with Gasteiger partial charge in [0.1, 0.15) is 11.9 Å². The van der Waals surface area contributed by atoms with Crippen LogP contribution >= 0.6 is 15.9 Å². The predicted molar refractivity (Wildman–Crippen MR) is 56.5 cm³/mol. The van der Waals surface area contributed by atoms with Crippen LogP contribution in [0.4, 0.5) is 4.39 Å². The number of hydrogen-bond donors (Lipinski definition) is 2. The van der Waals surface area contributed by atoms with Crippen molar-refractivity contribution in [3.8, 4) is 0 Å². The van der Waals surface area contributed by atoms with E-state index >= 15 is 0 Å². The largest absolute Gasteiger partial charge is 0.389 e. The van der Waals surface area contributed by atoms with Crippen molar-refractivity contribution in [2.24, 2.45) is 0 Å². The lowest BCUT2D eigenvalue weighted by atomic mass is 10.00. The van der Waals surface area contributed by atoms with Gasteiger partial charge in [-0.3, -0.25) is 4.79 Å². The summed E-state index contributed by atoms with van der Waals surface area (Å²) in [6, 6.07) is 3.44. The van der Waals surface area contributed by atoms with Gasteiger partial charge >= 0.3 is 0 Å². The molecular weight excluding hydrogens is 267 g/mol. The fraction of sp³-hybridized carbons (Fsp3) is 0.300. The Hall–Kier alpha value is -0.780. The third-order valence-corrected chi connectivity index (χ3v) is 2.68. The normalized spacial score (nSPS) is 14.7. The Labute approximate surface area is 94.7 Å². The number of benzene rings is 1. The van der Waals surface area contributed by atoms with E-state index in [1.54, 1.807) is 0 Å². The van der Waals surface area contributed by atoms with Crippen LogP contribution in [0.25, 0.3) is 0 Å². The molecule has 0 fully saturated rings. The molecule has 5 heteroatoms. The predicted octanol–water partition coefficient (Wildman–Crippen LogP) is 1.43. The lowest BCUT2D eigenvalue weighted by Crippen LogP contribution is -2.20. The van der Waals surface area contributed by atoms with Crippen molar-refractivity contribution >= 4 is 22.2 Å². The maximum Gasteiger partial charge on any atom is 0.150 e. The summed E-state index contributed by atoms with van der Waals surface area (Å²) in [5.41, 5.74) is 0.265. The smallest absolute Gasteiger partial charge is 0.150 e. The van der Waals surface area contributed by atoms with Crippen LogP contribution in [0.5, 0.6) is 0 Å². The van der Waals surface area contributed by atoms with Crippen LogP contribution < -0.4 is 0 Å². The number of aliphatic hydroxyl groups excluding tert-OH is 2. The Kier molecular flexibility index (Phi) is 4.38. The van der Waals surface area contributed by atoms with Gasteiger partial charge in [0.15, 0.2) is 6.29 Å². The average Bonchev–Trinajstić information content (AvgIpc) is 2.26. The van der Waals surface area contributed by atoms with Gasteiger partial charge in [0.2, 0.25) is 0 Å². The van der Waals surface area contributed by atoms with Gasteiger partial charge in [-0.15, -0.1) is 0 Å². The molecule has 0 aliphatic rings. The Morgan fingerprint density at radius 3 is 2.67 bits per heavy atom. The second-order valence-electron chi connectivity index (χ2n) is 3.06. The first kappa shape index (κ1) is 12.3. The summed E-state index contributed by atoms with van der Waals surface area (Å²) in [4.78, 5) is 10.6. The van der Waals surface area contributed by atoms with Gasteiger partial charge in [-0.05, 0) is 17.7 Å². The first-order chi connectivity index (χ1) is 7.10. The Morgan fingerprint density at radius 1 is 1.47 bits per heavy atom. The van der Waals surface area contributed by atoms with E-state index in [1.165, 1.54) is 6.07 Å². The van der Waals surface area contributed by atoms with Crippen LogP contribution in [0.2, 0.25) is 0 Å². The van der Waals surface area contributed by atoms with Crippen molar-refractivity contribution in [3.63, 3.8) is 0 Å². The molecule has 0 amide bonds. The Bertz CT molecular complexity index is 357. The van der Waals surface area contributed by atoms with E-state index in [-0.39, 0.29) is 16.5 Å². The molecule has 0 aromatic heterocycles. The Balaban J connectivity index is 3.07. The second kappa shape index (κ2) is 5.34. The number of aldehydes is 1. The van der Waals surface area contributed by atoms with Gasteiger partial charge in [0.05, 0.1) is 6.10 Å². The highest BCUT2D eigenvalue weighted by molar-refractivity contribution is 9.09. The summed E-state index contributed by atoms with van der Waals surface area (Å²) in [6.45, 7) is 0. The van der Waals surface area contributed by atoms with Crippen LogP contribution in [0, 0.1) is 5.82 Å². The number of aliphatic hydroxyl groups is 2. The molecule has 0 aliphatic heterocycles. The minimum absolute atomic E-state index is 0.0440. The molecular formula is C10H10BrFO3. The monoisotopic (exact) mass is 276 g/mol. The molecule has 0 heterocycles. The van der Waals surface area contributed by atoms with E-state index in [2.05, 4.69) is 15.9 Å².